The molecule has 0 unspecified atom stereocenters. The van der Waals surface area contributed by atoms with Gasteiger partial charge in [0.15, 0.2) is 5.16 Å². The third kappa shape index (κ3) is 5.48. The second-order valence-electron chi connectivity index (χ2n) is 6.62. The van der Waals surface area contributed by atoms with E-state index in [9.17, 15) is 9.18 Å². The standard InChI is InChI=1S/C24H17ClFN3OS/c25-19-13-18(11-12-20(19)26)27-23(30)15-31-24-28-21(16-7-3-1-4-8-16)14-22(29-24)17-9-5-2-6-10-17/h1-14H,15H2,(H,27,30). The van der Waals surface area contributed by atoms with Crippen LogP contribution in [0.2, 0.25) is 5.02 Å². The smallest absolute Gasteiger partial charge is 0.234 e. The maximum atomic E-state index is 13.3. The van der Waals surface area contributed by atoms with E-state index in [1.54, 1.807) is 0 Å². The third-order valence-corrected chi connectivity index (χ3v) is 5.52. The fourth-order valence-electron chi connectivity index (χ4n) is 2.90. The van der Waals surface area contributed by atoms with Crippen molar-refractivity contribution >= 4 is 35.0 Å². The highest BCUT2D eigenvalue weighted by atomic mass is 35.5. The lowest BCUT2D eigenvalue weighted by Crippen LogP contribution is -2.14. The van der Waals surface area contributed by atoms with Crippen LogP contribution in [-0.2, 0) is 4.79 Å². The van der Waals surface area contributed by atoms with Gasteiger partial charge in [-0.2, -0.15) is 0 Å². The van der Waals surface area contributed by atoms with Gasteiger partial charge in [-0.3, -0.25) is 4.79 Å². The van der Waals surface area contributed by atoms with Crippen LogP contribution >= 0.6 is 23.4 Å². The van der Waals surface area contributed by atoms with Crippen molar-refractivity contribution < 1.29 is 9.18 Å². The average Bonchev–Trinajstić information content (AvgIpc) is 2.81. The Bertz CT molecular complexity index is 1150. The van der Waals surface area contributed by atoms with Gasteiger partial charge in [0.25, 0.3) is 0 Å². The number of amides is 1. The first-order valence-electron chi connectivity index (χ1n) is 9.46. The van der Waals surface area contributed by atoms with Gasteiger partial charge in [-0.25, -0.2) is 14.4 Å². The average molecular weight is 450 g/mol. The zero-order valence-electron chi connectivity index (χ0n) is 16.3. The van der Waals surface area contributed by atoms with Crippen LogP contribution in [0.1, 0.15) is 0 Å². The van der Waals surface area contributed by atoms with Crippen molar-refractivity contribution in [3.63, 3.8) is 0 Å². The fraction of sp³-hybridized carbons (Fsp3) is 0.0417. The number of hydrogen-bond acceptors (Lipinski definition) is 4. The summed E-state index contributed by atoms with van der Waals surface area (Å²) in [4.78, 5) is 21.6. The molecule has 1 amide bonds. The third-order valence-electron chi connectivity index (χ3n) is 4.38. The molecule has 31 heavy (non-hydrogen) atoms. The summed E-state index contributed by atoms with van der Waals surface area (Å²) < 4.78 is 13.3. The van der Waals surface area contributed by atoms with Crippen LogP contribution in [0.4, 0.5) is 10.1 Å². The van der Waals surface area contributed by atoms with E-state index in [4.69, 9.17) is 11.6 Å². The first kappa shape index (κ1) is 21.0. The predicted octanol–water partition coefficient (Wildman–Crippen LogP) is 6.33. The number of aromatic nitrogens is 2. The van der Waals surface area contributed by atoms with Gasteiger partial charge in [-0.05, 0) is 24.3 Å². The van der Waals surface area contributed by atoms with Gasteiger partial charge in [-0.1, -0.05) is 84.0 Å². The molecule has 0 fully saturated rings. The number of halogens is 2. The van der Waals surface area contributed by atoms with Crippen LogP contribution in [0.5, 0.6) is 0 Å². The number of thioether (sulfide) groups is 1. The van der Waals surface area contributed by atoms with E-state index >= 15 is 0 Å². The SMILES string of the molecule is O=C(CSc1nc(-c2ccccc2)cc(-c2ccccc2)n1)Nc1ccc(F)c(Cl)c1. The van der Waals surface area contributed by atoms with Crippen molar-refractivity contribution in [2.75, 3.05) is 11.1 Å². The van der Waals surface area contributed by atoms with Crippen molar-refractivity contribution in [2.45, 2.75) is 5.16 Å². The zero-order valence-corrected chi connectivity index (χ0v) is 17.8. The molecule has 1 N–H and O–H groups in total. The molecule has 154 valence electrons. The molecule has 0 aliphatic rings. The van der Waals surface area contributed by atoms with Crippen LogP contribution < -0.4 is 5.32 Å². The molecule has 1 heterocycles. The van der Waals surface area contributed by atoms with Gasteiger partial charge < -0.3 is 5.32 Å². The molecular formula is C24H17ClFN3OS. The largest absolute Gasteiger partial charge is 0.325 e. The Hall–Kier alpha value is -3.22. The normalized spacial score (nSPS) is 10.6. The lowest BCUT2D eigenvalue weighted by atomic mass is 10.1. The highest BCUT2D eigenvalue weighted by Crippen LogP contribution is 2.27. The van der Waals surface area contributed by atoms with E-state index < -0.39 is 5.82 Å². The minimum atomic E-state index is -0.534. The van der Waals surface area contributed by atoms with Gasteiger partial charge in [0, 0.05) is 16.8 Å². The van der Waals surface area contributed by atoms with Crippen LogP contribution in [0.15, 0.2) is 90.1 Å². The number of hydrogen-bond donors (Lipinski definition) is 1. The Balaban J connectivity index is 1.55. The maximum absolute atomic E-state index is 13.3. The maximum Gasteiger partial charge on any atom is 0.234 e. The van der Waals surface area contributed by atoms with E-state index in [1.807, 2.05) is 66.7 Å². The minimum absolute atomic E-state index is 0.0446. The second-order valence-corrected chi connectivity index (χ2v) is 7.97. The Kier molecular flexibility index (Phi) is 6.60. The Morgan fingerprint density at radius 1 is 0.871 bits per heavy atom. The molecule has 7 heteroatoms. The van der Waals surface area contributed by atoms with Crippen LogP contribution in [0.3, 0.4) is 0 Å². The van der Waals surface area contributed by atoms with Crippen molar-refractivity contribution in [3.8, 4) is 22.5 Å². The summed E-state index contributed by atoms with van der Waals surface area (Å²) in [5.74, 6) is -0.696. The summed E-state index contributed by atoms with van der Waals surface area (Å²) in [6.07, 6.45) is 0. The number of carbonyl (C=O) groups is 1. The van der Waals surface area contributed by atoms with E-state index in [1.165, 1.54) is 30.0 Å². The van der Waals surface area contributed by atoms with E-state index in [2.05, 4.69) is 15.3 Å². The van der Waals surface area contributed by atoms with Crippen LogP contribution in [0, 0.1) is 5.82 Å². The number of nitrogens with zero attached hydrogens (tertiary/aromatic N) is 2. The molecule has 0 bridgehead atoms. The van der Waals surface area contributed by atoms with Crippen LogP contribution in [0.25, 0.3) is 22.5 Å². The topological polar surface area (TPSA) is 54.9 Å². The van der Waals surface area contributed by atoms with Crippen LogP contribution in [-0.4, -0.2) is 21.6 Å². The van der Waals surface area contributed by atoms with Gasteiger partial charge in [0.05, 0.1) is 22.2 Å². The molecule has 3 aromatic carbocycles. The van der Waals surface area contributed by atoms with Gasteiger partial charge in [0.2, 0.25) is 5.91 Å². The molecule has 1 aromatic heterocycles. The Morgan fingerprint density at radius 3 is 2.00 bits per heavy atom. The molecule has 4 rings (SSSR count). The summed E-state index contributed by atoms with van der Waals surface area (Å²) in [5, 5.41) is 3.15. The second kappa shape index (κ2) is 9.73. The summed E-state index contributed by atoms with van der Waals surface area (Å²) in [7, 11) is 0. The molecule has 0 saturated carbocycles. The lowest BCUT2D eigenvalue weighted by Gasteiger charge is -2.09. The number of benzene rings is 3. The van der Waals surface area contributed by atoms with Crippen molar-refractivity contribution in [3.05, 3.63) is 95.8 Å². The fourth-order valence-corrected chi connectivity index (χ4v) is 3.74. The summed E-state index contributed by atoms with van der Waals surface area (Å²) in [6, 6.07) is 25.6. The first-order valence-corrected chi connectivity index (χ1v) is 10.8. The molecule has 0 atom stereocenters. The highest BCUT2D eigenvalue weighted by molar-refractivity contribution is 7.99. The Morgan fingerprint density at radius 2 is 1.45 bits per heavy atom. The van der Waals surface area contributed by atoms with Gasteiger partial charge in [0.1, 0.15) is 5.82 Å². The van der Waals surface area contributed by atoms with Crippen molar-refractivity contribution in [2.24, 2.45) is 0 Å². The molecular weight excluding hydrogens is 433 g/mol. The molecule has 0 radical (unpaired) electrons. The van der Waals surface area contributed by atoms with E-state index in [0.29, 0.717) is 10.8 Å². The number of carbonyl (C=O) groups excluding carboxylic acids is 1. The molecule has 0 aliphatic carbocycles. The van der Waals surface area contributed by atoms with E-state index in [-0.39, 0.29) is 16.7 Å². The quantitative estimate of drug-likeness (QED) is 0.276. The predicted molar refractivity (Wildman–Crippen MR) is 124 cm³/mol. The molecule has 0 aliphatic heterocycles. The summed E-state index contributed by atoms with van der Waals surface area (Å²) >= 11 is 7.00. The molecule has 4 aromatic rings. The number of rotatable bonds is 6. The monoisotopic (exact) mass is 449 g/mol. The molecule has 0 spiro atoms. The number of nitrogens with one attached hydrogen (secondary N) is 1. The summed E-state index contributed by atoms with van der Waals surface area (Å²) in [5.41, 5.74) is 3.93. The molecule has 0 saturated heterocycles. The summed E-state index contributed by atoms with van der Waals surface area (Å²) in [6.45, 7) is 0. The molecule has 4 nitrogen and oxygen atoms in total. The zero-order chi connectivity index (χ0) is 21.6. The highest BCUT2D eigenvalue weighted by Gasteiger charge is 2.12. The van der Waals surface area contributed by atoms with Crippen molar-refractivity contribution in [1.82, 2.24) is 9.97 Å². The van der Waals surface area contributed by atoms with E-state index in [0.717, 1.165) is 22.5 Å². The lowest BCUT2D eigenvalue weighted by molar-refractivity contribution is -0.113. The first-order chi connectivity index (χ1) is 15.1. The van der Waals surface area contributed by atoms with Gasteiger partial charge >= 0.3 is 0 Å². The minimum Gasteiger partial charge on any atom is -0.325 e. The van der Waals surface area contributed by atoms with Gasteiger partial charge in [-0.15, -0.1) is 0 Å². The number of anilines is 1. The Labute approximate surface area is 188 Å². The van der Waals surface area contributed by atoms with Crippen molar-refractivity contribution in [1.29, 1.82) is 0 Å².